The molecule has 2 N–H and O–H groups in total. The van der Waals surface area contributed by atoms with Crippen LogP contribution in [0.15, 0.2) is 24.3 Å². The van der Waals surface area contributed by atoms with Crippen LogP contribution in [-0.4, -0.2) is 34.1 Å². The summed E-state index contributed by atoms with van der Waals surface area (Å²) in [6.07, 6.45) is 5.72. The number of aromatic carboxylic acids is 1. The Morgan fingerprint density at radius 1 is 1.14 bits per heavy atom. The third kappa shape index (κ3) is 2.60. The Labute approximate surface area is 123 Å². The molecule has 1 saturated carbocycles. The fourth-order valence-electron chi connectivity index (χ4n) is 3.40. The quantitative estimate of drug-likeness (QED) is 0.898. The molecule has 0 unspecified atom stereocenters. The lowest BCUT2D eigenvalue weighted by Crippen LogP contribution is -2.54. The van der Waals surface area contributed by atoms with E-state index in [2.05, 4.69) is 5.32 Å². The van der Waals surface area contributed by atoms with Gasteiger partial charge in [-0.15, -0.1) is 0 Å². The summed E-state index contributed by atoms with van der Waals surface area (Å²) >= 11 is 0. The van der Waals surface area contributed by atoms with Crippen LogP contribution in [0.4, 0.5) is 4.79 Å². The molecular weight excluding hydrogens is 268 g/mol. The van der Waals surface area contributed by atoms with Crippen LogP contribution in [0.25, 0.3) is 0 Å². The minimum absolute atomic E-state index is 0.00881. The van der Waals surface area contributed by atoms with Crippen molar-refractivity contribution in [1.82, 2.24) is 10.2 Å². The molecule has 112 valence electrons. The standard InChI is InChI=1S/C16H20N2O3/c19-14(20)13-5-3-12(4-6-13)11-17-15(21)18-10-2-9-16(18)7-1-8-16/h3-6H,1-2,7-11H2,(H,17,21)(H,19,20). The molecule has 1 saturated heterocycles. The summed E-state index contributed by atoms with van der Waals surface area (Å²) < 4.78 is 0. The van der Waals surface area contributed by atoms with Crippen molar-refractivity contribution in [3.63, 3.8) is 0 Å². The van der Waals surface area contributed by atoms with Crippen LogP contribution < -0.4 is 5.32 Å². The van der Waals surface area contributed by atoms with E-state index in [-0.39, 0.29) is 17.1 Å². The van der Waals surface area contributed by atoms with Crippen molar-refractivity contribution in [2.45, 2.75) is 44.2 Å². The summed E-state index contributed by atoms with van der Waals surface area (Å²) in [4.78, 5) is 25.1. The third-order valence-electron chi connectivity index (χ3n) is 4.77. The minimum Gasteiger partial charge on any atom is -0.478 e. The van der Waals surface area contributed by atoms with Crippen LogP contribution in [-0.2, 0) is 6.54 Å². The third-order valence-corrected chi connectivity index (χ3v) is 4.77. The van der Waals surface area contributed by atoms with E-state index < -0.39 is 5.97 Å². The number of rotatable bonds is 3. The lowest BCUT2D eigenvalue weighted by molar-refractivity contribution is 0.0696. The number of carbonyl (C=O) groups is 2. The van der Waals surface area contributed by atoms with Crippen LogP contribution in [0.2, 0.25) is 0 Å². The largest absolute Gasteiger partial charge is 0.478 e. The molecule has 3 rings (SSSR count). The van der Waals surface area contributed by atoms with Gasteiger partial charge in [0.1, 0.15) is 0 Å². The zero-order valence-electron chi connectivity index (χ0n) is 12.0. The molecule has 1 aliphatic heterocycles. The van der Waals surface area contributed by atoms with Gasteiger partial charge in [-0.2, -0.15) is 0 Å². The van der Waals surface area contributed by atoms with E-state index in [0.717, 1.165) is 37.8 Å². The van der Waals surface area contributed by atoms with Gasteiger partial charge in [-0.25, -0.2) is 9.59 Å². The molecule has 0 atom stereocenters. The van der Waals surface area contributed by atoms with Crippen molar-refractivity contribution >= 4 is 12.0 Å². The highest BCUT2D eigenvalue weighted by Gasteiger charge is 2.47. The molecule has 0 radical (unpaired) electrons. The van der Waals surface area contributed by atoms with E-state index in [1.54, 1.807) is 24.3 Å². The molecule has 5 nitrogen and oxygen atoms in total. The number of carboxylic acids is 1. The van der Waals surface area contributed by atoms with Crippen molar-refractivity contribution in [3.8, 4) is 0 Å². The molecule has 0 bridgehead atoms. The predicted molar refractivity (Wildman–Crippen MR) is 78.2 cm³/mol. The summed E-state index contributed by atoms with van der Waals surface area (Å²) in [7, 11) is 0. The van der Waals surface area contributed by atoms with E-state index in [1.165, 1.54) is 6.42 Å². The zero-order valence-corrected chi connectivity index (χ0v) is 12.0. The van der Waals surface area contributed by atoms with Crippen LogP contribution >= 0.6 is 0 Å². The van der Waals surface area contributed by atoms with Crippen molar-refractivity contribution in [2.75, 3.05) is 6.54 Å². The first kappa shape index (κ1) is 13.9. The number of hydrogen-bond acceptors (Lipinski definition) is 2. The SMILES string of the molecule is O=C(O)c1ccc(CNC(=O)N2CCCC23CCC3)cc1. The molecule has 2 fully saturated rings. The Hall–Kier alpha value is -2.04. The Bertz CT molecular complexity index is 549. The molecular formula is C16H20N2O3. The van der Waals surface area contributed by atoms with Gasteiger partial charge in [0.2, 0.25) is 0 Å². The van der Waals surface area contributed by atoms with Crippen molar-refractivity contribution in [3.05, 3.63) is 35.4 Å². The molecule has 1 spiro atoms. The number of nitrogens with zero attached hydrogens (tertiary/aromatic N) is 1. The van der Waals surface area contributed by atoms with Crippen molar-refractivity contribution in [2.24, 2.45) is 0 Å². The van der Waals surface area contributed by atoms with Gasteiger partial charge in [0, 0.05) is 18.6 Å². The zero-order chi connectivity index (χ0) is 14.9. The van der Waals surface area contributed by atoms with Crippen LogP contribution in [0.3, 0.4) is 0 Å². The first-order valence-corrected chi connectivity index (χ1v) is 7.48. The molecule has 1 aromatic carbocycles. The van der Waals surface area contributed by atoms with Gasteiger partial charge in [0.15, 0.2) is 0 Å². The monoisotopic (exact) mass is 288 g/mol. The number of likely N-dealkylation sites (tertiary alicyclic amines) is 1. The van der Waals surface area contributed by atoms with Crippen molar-refractivity contribution < 1.29 is 14.7 Å². The summed E-state index contributed by atoms with van der Waals surface area (Å²) in [6.45, 7) is 1.29. The van der Waals surface area contributed by atoms with Gasteiger partial charge < -0.3 is 15.3 Å². The lowest BCUT2D eigenvalue weighted by Gasteiger charge is -2.45. The van der Waals surface area contributed by atoms with E-state index >= 15 is 0 Å². The number of urea groups is 1. The molecule has 2 aliphatic rings. The first-order chi connectivity index (χ1) is 10.1. The average molecular weight is 288 g/mol. The topological polar surface area (TPSA) is 69.6 Å². The van der Waals surface area contributed by atoms with E-state index in [9.17, 15) is 9.59 Å². The highest BCUT2D eigenvalue weighted by molar-refractivity contribution is 5.87. The number of nitrogens with one attached hydrogen (secondary N) is 1. The maximum Gasteiger partial charge on any atom is 0.335 e. The first-order valence-electron chi connectivity index (χ1n) is 7.48. The van der Waals surface area contributed by atoms with Gasteiger partial charge in [-0.05, 0) is 49.8 Å². The Balaban J connectivity index is 1.57. The minimum atomic E-state index is -0.936. The van der Waals surface area contributed by atoms with Crippen molar-refractivity contribution in [1.29, 1.82) is 0 Å². The van der Waals surface area contributed by atoms with E-state index in [4.69, 9.17) is 5.11 Å². The molecule has 1 aromatic rings. The summed E-state index contributed by atoms with van der Waals surface area (Å²) in [6, 6.07) is 6.62. The second-order valence-electron chi connectivity index (χ2n) is 5.99. The van der Waals surface area contributed by atoms with Gasteiger partial charge in [-0.3, -0.25) is 0 Å². The van der Waals surface area contributed by atoms with Gasteiger partial charge in [0.25, 0.3) is 0 Å². The van der Waals surface area contributed by atoms with E-state index in [0.29, 0.717) is 6.54 Å². The summed E-state index contributed by atoms with van der Waals surface area (Å²) in [5, 5.41) is 11.8. The van der Waals surface area contributed by atoms with E-state index in [1.807, 2.05) is 4.90 Å². The second-order valence-corrected chi connectivity index (χ2v) is 5.99. The Kier molecular flexibility index (Phi) is 3.57. The number of amides is 2. The van der Waals surface area contributed by atoms with Gasteiger partial charge >= 0.3 is 12.0 Å². The molecule has 2 amide bonds. The number of hydrogen-bond donors (Lipinski definition) is 2. The Morgan fingerprint density at radius 2 is 1.81 bits per heavy atom. The number of benzene rings is 1. The summed E-state index contributed by atoms with van der Waals surface area (Å²) in [5.41, 5.74) is 1.31. The summed E-state index contributed by atoms with van der Waals surface area (Å²) in [5.74, 6) is -0.936. The lowest BCUT2D eigenvalue weighted by atomic mass is 9.75. The fourth-order valence-corrected chi connectivity index (χ4v) is 3.40. The maximum absolute atomic E-state index is 12.3. The molecule has 5 heteroatoms. The number of carboxylic acid groups (broad SMARTS) is 1. The highest BCUT2D eigenvalue weighted by atomic mass is 16.4. The predicted octanol–water partition coefficient (Wildman–Crippen LogP) is 2.61. The number of carbonyl (C=O) groups excluding carboxylic acids is 1. The Morgan fingerprint density at radius 3 is 2.38 bits per heavy atom. The van der Waals surface area contributed by atoms with Crippen LogP contribution in [0.5, 0.6) is 0 Å². The average Bonchev–Trinajstić information content (AvgIpc) is 2.90. The smallest absolute Gasteiger partial charge is 0.335 e. The van der Waals surface area contributed by atoms with Crippen LogP contribution in [0.1, 0.15) is 48.0 Å². The molecule has 0 aromatic heterocycles. The molecule has 21 heavy (non-hydrogen) atoms. The molecule has 1 heterocycles. The highest BCUT2D eigenvalue weighted by Crippen LogP contribution is 2.45. The second kappa shape index (κ2) is 5.39. The van der Waals surface area contributed by atoms with Gasteiger partial charge in [-0.1, -0.05) is 12.1 Å². The molecule has 1 aliphatic carbocycles. The van der Waals surface area contributed by atoms with Gasteiger partial charge in [0.05, 0.1) is 5.56 Å². The fraction of sp³-hybridized carbons (Fsp3) is 0.500. The normalized spacial score (nSPS) is 19.3. The van der Waals surface area contributed by atoms with Crippen LogP contribution in [0, 0.1) is 0 Å². The maximum atomic E-state index is 12.3.